The fraction of sp³-hybridized carbons (Fsp3) is 0.700. The molecule has 0 aromatic heterocycles. The largest absolute Gasteiger partial charge is 0.481 e. The molecule has 2 atom stereocenters. The summed E-state index contributed by atoms with van der Waals surface area (Å²) >= 11 is 0. The third kappa shape index (κ3) is 7.15. The van der Waals surface area contributed by atoms with Crippen LogP contribution in [0.5, 0.6) is 0 Å². The molecule has 0 bridgehead atoms. The van der Waals surface area contributed by atoms with Crippen LogP contribution in [-0.2, 0) is 14.3 Å². The molecule has 2 unspecified atom stereocenters. The maximum absolute atomic E-state index is 11.3. The molecule has 0 radical (unpaired) electrons. The molecule has 0 spiro atoms. The number of aliphatic carboxylic acids is 1. The van der Waals surface area contributed by atoms with Gasteiger partial charge in [-0.05, 0) is 20.8 Å². The van der Waals surface area contributed by atoms with Gasteiger partial charge in [-0.2, -0.15) is 0 Å². The molecule has 0 aliphatic carbocycles. The maximum atomic E-state index is 11.3. The van der Waals surface area contributed by atoms with Crippen molar-refractivity contribution in [1.82, 2.24) is 10.6 Å². The van der Waals surface area contributed by atoms with Gasteiger partial charge in [0.1, 0.15) is 6.04 Å². The molecule has 0 saturated carbocycles. The topological polar surface area (TPSA) is 105 Å². The number of urea groups is 1. The second kappa shape index (κ2) is 7.48. The summed E-state index contributed by atoms with van der Waals surface area (Å²) in [6.45, 7) is 4.95. The van der Waals surface area contributed by atoms with E-state index in [9.17, 15) is 14.4 Å². The predicted molar refractivity (Wildman–Crippen MR) is 59.5 cm³/mol. The number of nitrogens with one attached hydrogen (secondary N) is 2. The van der Waals surface area contributed by atoms with Gasteiger partial charge in [0.25, 0.3) is 0 Å². The zero-order valence-corrected chi connectivity index (χ0v) is 10.1. The van der Waals surface area contributed by atoms with Crippen LogP contribution in [0.25, 0.3) is 0 Å². The van der Waals surface area contributed by atoms with Gasteiger partial charge >= 0.3 is 18.0 Å². The molecule has 0 fully saturated rings. The molecule has 0 aliphatic heterocycles. The molecule has 98 valence electrons. The molecule has 0 aromatic carbocycles. The lowest BCUT2D eigenvalue weighted by molar-refractivity contribution is -0.145. The van der Waals surface area contributed by atoms with Crippen molar-refractivity contribution >= 4 is 18.0 Å². The summed E-state index contributed by atoms with van der Waals surface area (Å²) < 4.78 is 4.70. The number of esters is 1. The van der Waals surface area contributed by atoms with Crippen LogP contribution in [0.15, 0.2) is 0 Å². The third-order valence-corrected chi connectivity index (χ3v) is 1.85. The van der Waals surface area contributed by atoms with Gasteiger partial charge < -0.3 is 20.5 Å². The molecule has 17 heavy (non-hydrogen) atoms. The summed E-state index contributed by atoms with van der Waals surface area (Å²) in [6, 6.07) is -1.88. The number of amides is 2. The molecule has 0 aliphatic rings. The standard InChI is InChI=1S/C10H18N2O5/c1-4-17-9(15)7(3)12-10(16)11-6(2)5-8(13)14/h6-7H,4-5H2,1-3H3,(H,13,14)(H2,11,12,16). The first-order valence-corrected chi connectivity index (χ1v) is 5.32. The van der Waals surface area contributed by atoms with Crippen molar-refractivity contribution in [1.29, 1.82) is 0 Å². The highest BCUT2D eigenvalue weighted by Crippen LogP contribution is 1.92. The van der Waals surface area contributed by atoms with Crippen LogP contribution in [0, 0.1) is 0 Å². The van der Waals surface area contributed by atoms with E-state index < -0.39 is 30.1 Å². The Hall–Kier alpha value is -1.79. The van der Waals surface area contributed by atoms with E-state index >= 15 is 0 Å². The average Bonchev–Trinajstić information content (AvgIpc) is 2.15. The predicted octanol–water partition coefficient (Wildman–Crippen LogP) is 0.100. The molecule has 3 N–H and O–H groups in total. The lowest BCUT2D eigenvalue weighted by Gasteiger charge is -2.16. The van der Waals surface area contributed by atoms with E-state index in [1.54, 1.807) is 13.8 Å². The van der Waals surface area contributed by atoms with E-state index in [1.807, 2.05) is 0 Å². The summed E-state index contributed by atoms with van der Waals surface area (Å²) in [5.41, 5.74) is 0. The Balaban J connectivity index is 4.00. The van der Waals surface area contributed by atoms with Crippen LogP contribution in [0.3, 0.4) is 0 Å². The maximum Gasteiger partial charge on any atom is 0.328 e. The number of ether oxygens (including phenoxy) is 1. The Morgan fingerprint density at radius 1 is 1.24 bits per heavy atom. The van der Waals surface area contributed by atoms with E-state index in [0.717, 1.165) is 0 Å². The zero-order chi connectivity index (χ0) is 13.4. The van der Waals surface area contributed by atoms with Crippen LogP contribution < -0.4 is 10.6 Å². The van der Waals surface area contributed by atoms with Gasteiger partial charge in [-0.15, -0.1) is 0 Å². The van der Waals surface area contributed by atoms with Crippen molar-refractivity contribution in [3.63, 3.8) is 0 Å². The van der Waals surface area contributed by atoms with Gasteiger partial charge in [-0.25, -0.2) is 9.59 Å². The number of carbonyl (C=O) groups excluding carboxylic acids is 2. The van der Waals surface area contributed by atoms with Gasteiger partial charge in [-0.1, -0.05) is 0 Å². The number of carboxylic acid groups (broad SMARTS) is 1. The number of rotatable bonds is 6. The van der Waals surface area contributed by atoms with E-state index in [-0.39, 0.29) is 13.0 Å². The second-order valence-electron chi connectivity index (χ2n) is 3.59. The Bertz CT molecular complexity index is 292. The summed E-state index contributed by atoms with van der Waals surface area (Å²) in [6.07, 6.45) is -0.179. The van der Waals surface area contributed by atoms with Crippen molar-refractivity contribution in [2.75, 3.05) is 6.61 Å². The monoisotopic (exact) mass is 246 g/mol. The first-order valence-electron chi connectivity index (χ1n) is 5.32. The number of carboxylic acids is 1. The van der Waals surface area contributed by atoms with Gasteiger partial charge in [-0.3, -0.25) is 4.79 Å². The van der Waals surface area contributed by atoms with Crippen LogP contribution >= 0.6 is 0 Å². The Morgan fingerprint density at radius 2 is 1.82 bits per heavy atom. The number of hydrogen-bond acceptors (Lipinski definition) is 4. The van der Waals surface area contributed by atoms with E-state index in [0.29, 0.717) is 0 Å². The molecule has 2 amide bonds. The van der Waals surface area contributed by atoms with Crippen molar-refractivity contribution in [3.8, 4) is 0 Å². The van der Waals surface area contributed by atoms with Crippen molar-refractivity contribution in [2.45, 2.75) is 39.3 Å². The van der Waals surface area contributed by atoms with Gasteiger partial charge in [0.2, 0.25) is 0 Å². The summed E-state index contributed by atoms with van der Waals surface area (Å²) in [5.74, 6) is -1.54. The molecule has 7 heteroatoms. The van der Waals surface area contributed by atoms with Gasteiger partial charge in [0.05, 0.1) is 13.0 Å². The van der Waals surface area contributed by atoms with Crippen molar-refractivity contribution in [2.24, 2.45) is 0 Å². The number of carbonyl (C=O) groups is 3. The van der Waals surface area contributed by atoms with Crippen molar-refractivity contribution in [3.05, 3.63) is 0 Å². The molecule has 0 heterocycles. The van der Waals surface area contributed by atoms with Crippen LogP contribution in [0.4, 0.5) is 4.79 Å². The first kappa shape index (κ1) is 15.2. The molecule has 0 saturated heterocycles. The smallest absolute Gasteiger partial charge is 0.328 e. The molecular weight excluding hydrogens is 228 g/mol. The normalized spacial score (nSPS) is 13.4. The fourth-order valence-corrected chi connectivity index (χ4v) is 1.10. The minimum atomic E-state index is -1.00. The molecule has 7 nitrogen and oxygen atoms in total. The SMILES string of the molecule is CCOC(=O)C(C)NC(=O)NC(C)CC(=O)O. The van der Waals surface area contributed by atoms with E-state index in [2.05, 4.69) is 10.6 Å². The number of hydrogen-bond donors (Lipinski definition) is 3. The summed E-state index contributed by atoms with van der Waals surface area (Å²) in [7, 11) is 0. The lowest BCUT2D eigenvalue weighted by Crippen LogP contribution is -2.48. The highest BCUT2D eigenvalue weighted by molar-refractivity contribution is 5.83. The average molecular weight is 246 g/mol. The minimum absolute atomic E-state index is 0.179. The van der Waals surface area contributed by atoms with Crippen LogP contribution in [0.1, 0.15) is 27.2 Å². The van der Waals surface area contributed by atoms with Crippen LogP contribution in [-0.4, -0.2) is 41.8 Å². The molecular formula is C10H18N2O5. The third-order valence-electron chi connectivity index (χ3n) is 1.85. The van der Waals surface area contributed by atoms with E-state index in [1.165, 1.54) is 6.92 Å². The lowest BCUT2D eigenvalue weighted by atomic mass is 10.2. The first-order chi connectivity index (χ1) is 7.86. The van der Waals surface area contributed by atoms with Crippen molar-refractivity contribution < 1.29 is 24.2 Å². The molecule has 0 aromatic rings. The van der Waals surface area contributed by atoms with Crippen LogP contribution in [0.2, 0.25) is 0 Å². The summed E-state index contributed by atoms with van der Waals surface area (Å²) in [4.78, 5) is 32.9. The molecule has 0 rings (SSSR count). The van der Waals surface area contributed by atoms with Gasteiger partial charge in [0, 0.05) is 6.04 Å². The Morgan fingerprint density at radius 3 is 2.29 bits per heavy atom. The quantitative estimate of drug-likeness (QED) is 0.576. The fourth-order valence-electron chi connectivity index (χ4n) is 1.10. The minimum Gasteiger partial charge on any atom is -0.481 e. The van der Waals surface area contributed by atoms with Gasteiger partial charge in [0.15, 0.2) is 0 Å². The summed E-state index contributed by atoms with van der Waals surface area (Å²) in [5, 5.41) is 13.2. The Labute approximate surface area is 99.5 Å². The highest BCUT2D eigenvalue weighted by atomic mass is 16.5. The highest BCUT2D eigenvalue weighted by Gasteiger charge is 2.18. The second-order valence-corrected chi connectivity index (χ2v) is 3.59. The zero-order valence-electron chi connectivity index (χ0n) is 10.1. The van der Waals surface area contributed by atoms with E-state index in [4.69, 9.17) is 9.84 Å². The Kier molecular flexibility index (Phi) is 6.69.